The third kappa shape index (κ3) is 4.01. The van der Waals surface area contributed by atoms with Crippen molar-refractivity contribution in [2.24, 2.45) is 7.05 Å². The van der Waals surface area contributed by atoms with Crippen LogP contribution in [0.4, 0.5) is 5.69 Å². The van der Waals surface area contributed by atoms with Gasteiger partial charge in [-0.25, -0.2) is 9.67 Å². The van der Waals surface area contributed by atoms with Crippen LogP contribution in [0.25, 0.3) is 27.8 Å². The Morgan fingerprint density at radius 3 is 2.63 bits per heavy atom. The summed E-state index contributed by atoms with van der Waals surface area (Å²) in [5, 5.41) is 12.7. The first kappa shape index (κ1) is 22.6. The summed E-state index contributed by atoms with van der Waals surface area (Å²) in [6, 6.07) is 17.2. The lowest BCUT2D eigenvalue weighted by molar-refractivity contribution is -0.113. The number of hydrogen-bond acceptors (Lipinski definition) is 6. The summed E-state index contributed by atoms with van der Waals surface area (Å²) in [6.45, 7) is 6.21. The number of para-hydroxylation sites is 2. The zero-order valence-corrected chi connectivity index (χ0v) is 20.1. The molecule has 2 aromatic carbocycles. The van der Waals surface area contributed by atoms with Crippen molar-refractivity contribution in [2.45, 2.75) is 18.6 Å². The van der Waals surface area contributed by atoms with Gasteiger partial charge in [-0.05, 0) is 25.1 Å². The maximum atomic E-state index is 13.0. The van der Waals surface area contributed by atoms with Crippen LogP contribution in [0.5, 0.6) is 0 Å². The Bertz CT molecular complexity index is 1630. The highest BCUT2D eigenvalue weighted by atomic mass is 32.2. The quantitative estimate of drug-likeness (QED) is 0.279. The minimum absolute atomic E-state index is 0.0357. The number of hydrogen-bond donors (Lipinski definition) is 1. The topological polar surface area (TPSA) is 99.6 Å². The van der Waals surface area contributed by atoms with Crippen molar-refractivity contribution in [1.82, 2.24) is 29.1 Å². The molecule has 0 aliphatic heterocycles. The van der Waals surface area contributed by atoms with Gasteiger partial charge in [0.1, 0.15) is 11.2 Å². The van der Waals surface area contributed by atoms with Gasteiger partial charge < -0.3 is 9.88 Å². The summed E-state index contributed by atoms with van der Waals surface area (Å²) in [6.07, 6.45) is 1.80. The number of aromatic nitrogens is 6. The van der Waals surface area contributed by atoms with Gasteiger partial charge in [0, 0.05) is 19.0 Å². The van der Waals surface area contributed by atoms with Crippen molar-refractivity contribution in [3.63, 3.8) is 0 Å². The lowest BCUT2D eigenvalue weighted by Crippen LogP contribution is -2.23. The van der Waals surface area contributed by atoms with E-state index in [1.807, 2.05) is 59.2 Å². The molecule has 0 fully saturated rings. The number of thioether (sulfide) groups is 1. The van der Waals surface area contributed by atoms with Crippen LogP contribution in [0.1, 0.15) is 5.69 Å². The normalized spacial score (nSPS) is 11.3. The Balaban J connectivity index is 1.37. The van der Waals surface area contributed by atoms with Crippen LogP contribution in [0.2, 0.25) is 0 Å². The molecule has 0 saturated heterocycles. The van der Waals surface area contributed by atoms with Crippen molar-refractivity contribution in [1.29, 1.82) is 0 Å². The van der Waals surface area contributed by atoms with Crippen molar-refractivity contribution in [3.8, 4) is 5.69 Å². The van der Waals surface area contributed by atoms with Crippen molar-refractivity contribution < 1.29 is 4.79 Å². The second-order valence-corrected chi connectivity index (χ2v) is 8.90. The summed E-state index contributed by atoms with van der Waals surface area (Å²) in [5.41, 5.74) is 3.74. The fourth-order valence-electron chi connectivity index (χ4n) is 4.08. The molecule has 35 heavy (non-hydrogen) atoms. The van der Waals surface area contributed by atoms with Gasteiger partial charge in [0.2, 0.25) is 11.1 Å². The van der Waals surface area contributed by atoms with E-state index in [1.54, 1.807) is 24.7 Å². The molecule has 10 heteroatoms. The molecule has 3 heterocycles. The molecular formula is C25H23N7O2S. The third-order valence-corrected chi connectivity index (χ3v) is 6.65. The smallest absolute Gasteiger partial charge is 0.295 e. The predicted octanol–water partition coefficient (Wildman–Crippen LogP) is 3.69. The number of allylic oxidation sites excluding steroid dienone is 1. The van der Waals surface area contributed by atoms with Crippen molar-refractivity contribution in [2.75, 3.05) is 11.1 Å². The number of amides is 1. The maximum absolute atomic E-state index is 13.0. The molecule has 0 aliphatic rings. The first-order valence-electron chi connectivity index (χ1n) is 11.0. The number of carbonyl (C=O) groups excluding carboxylic acids is 1. The zero-order chi connectivity index (χ0) is 24.5. The van der Waals surface area contributed by atoms with Crippen LogP contribution in [-0.2, 0) is 18.4 Å². The Morgan fingerprint density at radius 1 is 1.11 bits per heavy atom. The van der Waals surface area contributed by atoms with Gasteiger partial charge in [0.05, 0.1) is 22.7 Å². The van der Waals surface area contributed by atoms with E-state index in [1.165, 1.54) is 16.4 Å². The summed E-state index contributed by atoms with van der Waals surface area (Å²) >= 11 is 1.17. The molecule has 0 atom stereocenters. The Labute approximate surface area is 205 Å². The molecule has 1 N–H and O–H groups in total. The van der Waals surface area contributed by atoms with E-state index in [0.29, 0.717) is 28.6 Å². The van der Waals surface area contributed by atoms with Crippen LogP contribution in [0, 0.1) is 6.92 Å². The highest BCUT2D eigenvalue weighted by Crippen LogP contribution is 2.27. The number of fused-ring (bicyclic) bond motifs is 3. The molecule has 0 saturated carbocycles. The van der Waals surface area contributed by atoms with Crippen molar-refractivity contribution >= 4 is 45.4 Å². The second kappa shape index (κ2) is 9.22. The van der Waals surface area contributed by atoms with Gasteiger partial charge in [-0.1, -0.05) is 54.2 Å². The average molecular weight is 486 g/mol. The molecule has 5 aromatic rings. The number of benzene rings is 2. The molecule has 0 aliphatic carbocycles. The number of rotatable bonds is 7. The molecule has 1 amide bonds. The number of anilines is 1. The fourth-order valence-corrected chi connectivity index (χ4v) is 4.66. The van der Waals surface area contributed by atoms with Gasteiger partial charge in [-0.3, -0.25) is 14.3 Å². The van der Waals surface area contributed by atoms with Gasteiger partial charge >= 0.3 is 0 Å². The largest absolute Gasteiger partial charge is 0.320 e. The minimum Gasteiger partial charge on any atom is -0.320 e. The van der Waals surface area contributed by atoms with E-state index in [9.17, 15) is 9.59 Å². The lowest BCUT2D eigenvalue weighted by Gasteiger charge is -2.07. The predicted molar refractivity (Wildman–Crippen MR) is 138 cm³/mol. The molecule has 0 radical (unpaired) electrons. The standard InChI is InChI=1S/C25H23N7O2S/c1-4-14-31-19-13-9-8-12-18(19)22-23(31)27-25(29-28-22)35-15-20(33)26-21-16(2)30(3)32(24(21)34)17-10-6-5-7-11-17/h4-13H,1,14-15H2,2-3H3,(H,26,33). The van der Waals surface area contributed by atoms with E-state index < -0.39 is 0 Å². The van der Waals surface area contributed by atoms with E-state index in [-0.39, 0.29) is 22.9 Å². The number of nitrogens with one attached hydrogen (secondary N) is 1. The molecule has 3 aromatic heterocycles. The van der Waals surface area contributed by atoms with E-state index in [0.717, 1.165) is 16.6 Å². The molecule has 9 nitrogen and oxygen atoms in total. The minimum atomic E-state index is -0.323. The van der Waals surface area contributed by atoms with E-state index >= 15 is 0 Å². The number of nitrogens with zero attached hydrogens (tertiary/aromatic N) is 6. The monoisotopic (exact) mass is 485 g/mol. The summed E-state index contributed by atoms with van der Waals surface area (Å²) < 4.78 is 5.27. The molecular weight excluding hydrogens is 462 g/mol. The van der Waals surface area contributed by atoms with E-state index in [4.69, 9.17) is 0 Å². The van der Waals surface area contributed by atoms with Crippen LogP contribution >= 0.6 is 11.8 Å². The summed E-state index contributed by atoms with van der Waals surface area (Å²) in [4.78, 5) is 30.4. The van der Waals surface area contributed by atoms with Gasteiger partial charge in [0.25, 0.3) is 5.56 Å². The van der Waals surface area contributed by atoms with E-state index in [2.05, 4.69) is 27.1 Å². The maximum Gasteiger partial charge on any atom is 0.295 e. The molecule has 0 unspecified atom stereocenters. The Hall–Kier alpha value is -4.18. The summed E-state index contributed by atoms with van der Waals surface area (Å²) in [7, 11) is 1.78. The van der Waals surface area contributed by atoms with Crippen LogP contribution < -0.4 is 10.9 Å². The molecule has 176 valence electrons. The highest BCUT2D eigenvalue weighted by molar-refractivity contribution is 7.99. The van der Waals surface area contributed by atoms with Gasteiger partial charge in [-0.15, -0.1) is 16.8 Å². The first-order chi connectivity index (χ1) is 17.0. The third-order valence-electron chi connectivity index (χ3n) is 5.82. The first-order valence-corrected chi connectivity index (χ1v) is 12.0. The van der Waals surface area contributed by atoms with Gasteiger partial charge in [0.15, 0.2) is 5.65 Å². The van der Waals surface area contributed by atoms with Crippen LogP contribution in [0.15, 0.2) is 77.2 Å². The Kier molecular flexibility index (Phi) is 5.96. The highest BCUT2D eigenvalue weighted by Gasteiger charge is 2.19. The zero-order valence-electron chi connectivity index (χ0n) is 19.3. The molecule has 0 spiro atoms. The molecule has 5 rings (SSSR count). The van der Waals surface area contributed by atoms with Crippen LogP contribution in [0.3, 0.4) is 0 Å². The lowest BCUT2D eigenvalue weighted by atomic mass is 10.2. The summed E-state index contributed by atoms with van der Waals surface area (Å²) in [5.74, 6) is -0.287. The van der Waals surface area contributed by atoms with Gasteiger partial charge in [-0.2, -0.15) is 0 Å². The van der Waals surface area contributed by atoms with Crippen LogP contribution in [-0.4, -0.2) is 40.8 Å². The number of carbonyl (C=O) groups is 1. The Morgan fingerprint density at radius 2 is 1.86 bits per heavy atom. The molecule has 0 bridgehead atoms. The van der Waals surface area contributed by atoms with Crippen molar-refractivity contribution in [3.05, 3.63) is 83.3 Å². The second-order valence-electron chi connectivity index (χ2n) is 7.96. The fraction of sp³-hybridized carbons (Fsp3) is 0.160. The average Bonchev–Trinajstić information content (AvgIpc) is 3.29. The SMILES string of the molecule is C=CCn1c2ccccc2c2nnc(SCC(=O)Nc3c(C)n(C)n(-c4ccccc4)c3=O)nc21.